The molecule has 0 spiro atoms. The van der Waals surface area contributed by atoms with Crippen molar-refractivity contribution in [3.63, 3.8) is 0 Å². The number of aryl methyl sites for hydroxylation is 2. The van der Waals surface area contributed by atoms with Crippen molar-refractivity contribution >= 4 is 17.0 Å². The number of aromatic amines is 1. The van der Waals surface area contributed by atoms with E-state index in [0.717, 1.165) is 17.8 Å². The SMILES string of the molecule is Cc1nc([C@H]2OCC[C@H]2CNc2nc3c(F)cccc3n2C)n[nH]1. The maximum absolute atomic E-state index is 13.9. The van der Waals surface area contributed by atoms with E-state index >= 15 is 0 Å². The second kappa shape index (κ2) is 5.86. The highest BCUT2D eigenvalue weighted by atomic mass is 19.1. The summed E-state index contributed by atoms with van der Waals surface area (Å²) in [5, 5.41) is 10.4. The first-order valence-corrected chi connectivity index (χ1v) is 7.99. The molecule has 3 aromatic rings. The lowest BCUT2D eigenvalue weighted by Gasteiger charge is -2.16. The van der Waals surface area contributed by atoms with Gasteiger partial charge in [0.2, 0.25) is 5.95 Å². The Hall–Kier alpha value is -2.48. The number of anilines is 1. The summed E-state index contributed by atoms with van der Waals surface area (Å²) in [7, 11) is 1.87. The summed E-state index contributed by atoms with van der Waals surface area (Å²) in [6.07, 6.45) is 0.790. The molecule has 0 amide bonds. The van der Waals surface area contributed by atoms with Crippen LogP contribution in [0.4, 0.5) is 10.3 Å². The van der Waals surface area contributed by atoms with Gasteiger partial charge in [-0.25, -0.2) is 14.4 Å². The molecule has 0 bridgehead atoms. The fourth-order valence-corrected chi connectivity index (χ4v) is 3.18. The smallest absolute Gasteiger partial charge is 0.203 e. The highest BCUT2D eigenvalue weighted by Gasteiger charge is 2.32. The quantitative estimate of drug-likeness (QED) is 0.767. The van der Waals surface area contributed by atoms with Crippen molar-refractivity contribution in [3.8, 4) is 0 Å². The van der Waals surface area contributed by atoms with Crippen molar-refractivity contribution in [2.45, 2.75) is 19.4 Å². The fourth-order valence-electron chi connectivity index (χ4n) is 3.18. The van der Waals surface area contributed by atoms with E-state index in [2.05, 4.69) is 25.5 Å². The van der Waals surface area contributed by atoms with Gasteiger partial charge >= 0.3 is 0 Å². The number of nitrogens with zero attached hydrogens (tertiary/aromatic N) is 4. The zero-order valence-electron chi connectivity index (χ0n) is 13.6. The highest BCUT2D eigenvalue weighted by Crippen LogP contribution is 2.33. The van der Waals surface area contributed by atoms with Crippen molar-refractivity contribution in [2.24, 2.45) is 13.0 Å². The maximum Gasteiger partial charge on any atom is 0.203 e. The van der Waals surface area contributed by atoms with E-state index in [4.69, 9.17) is 4.74 Å². The molecule has 0 aliphatic carbocycles. The van der Waals surface area contributed by atoms with Gasteiger partial charge in [-0.2, -0.15) is 5.10 Å². The molecule has 2 aromatic heterocycles. The predicted octanol–water partition coefficient (Wildman–Crippen LogP) is 2.33. The minimum absolute atomic E-state index is 0.131. The van der Waals surface area contributed by atoms with Crippen LogP contribution < -0.4 is 5.32 Å². The molecule has 1 aliphatic rings. The molecule has 4 rings (SSSR count). The van der Waals surface area contributed by atoms with Crippen LogP contribution in [-0.4, -0.2) is 37.9 Å². The molecular formula is C16H19FN6O. The van der Waals surface area contributed by atoms with Crippen LogP contribution in [0, 0.1) is 18.7 Å². The van der Waals surface area contributed by atoms with Gasteiger partial charge in [-0.1, -0.05) is 6.07 Å². The predicted molar refractivity (Wildman–Crippen MR) is 87.1 cm³/mol. The van der Waals surface area contributed by atoms with Crippen LogP contribution in [0.25, 0.3) is 11.0 Å². The second-order valence-electron chi connectivity index (χ2n) is 6.10. The van der Waals surface area contributed by atoms with Gasteiger partial charge in [-0.15, -0.1) is 0 Å². The Labute approximate surface area is 138 Å². The average molecular weight is 330 g/mol. The monoisotopic (exact) mass is 330 g/mol. The van der Waals surface area contributed by atoms with Crippen molar-refractivity contribution in [2.75, 3.05) is 18.5 Å². The van der Waals surface area contributed by atoms with Crippen LogP contribution in [0.15, 0.2) is 18.2 Å². The minimum atomic E-state index is -0.311. The van der Waals surface area contributed by atoms with Gasteiger partial charge in [0.1, 0.15) is 17.4 Å². The van der Waals surface area contributed by atoms with E-state index in [1.165, 1.54) is 6.07 Å². The van der Waals surface area contributed by atoms with Crippen LogP contribution in [0.3, 0.4) is 0 Å². The molecular weight excluding hydrogens is 311 g/mol. The number of benzene rings is 1. The standard InChI is InChI=1S/C16H19FN6O/c1-9-19-15(22-21-9)14-10(6-7-24-14)8-18-16-20-13-11(17)4-3-5-12(13)23(16)2/h3-5,10,14H,6-8H2,1-2H3,(H,18,20)(H,19,21,22)/t10-,14-/m0/s1. The summed E-state index contributed by atoms with van der Waals surface area (Å²) < 4.78 is 21.5. The van der Waals surface area contributed by atoms with E-state index < -0.39 is 0 Å². The number of nitrogens with one attached hydrogen (secondary N) is 2. The molecule has 1 fully saturated rings. The minimum Gasteiger partial charge on any atom is -0.370 e. The van der Waals surface area contributed by atoms with Crippen LogP contribution >= 0.6 is 0 Å². The van der Waals surface area contributed by atoms with Gasteiger partial charge < -0.3 is 14.6 Å². The Morgan fingerprint density at radius 3 is 3.04 bits per heavy atom. The number of halogens is 1. The Bertz CT molecular complexity index is 873. The van der Waals surface area contributed by atoms with Gasteiger partial charge in [0.25, 0.3) is 0 Å². The molecule has 2 atom stereocenters. The van der Waals surface area contributed by atoms with Crippen molar-refractivity contribution in [1.29, 1.82) is 0 Å². The zero-order valence-corrected chi connectivity index (χ0v) is 13.6. The van der Waals surface area contributed by atoms with Gasteiger partial charge in [-0.3, -0.25) is 5.10 Å². The molecule has 8 heteroatoms. The molecule has 1 saturated heterocycles. The van der Waals surface area contributed by atoms with Crippen molar-refractivity contribution in [1.82, 2.24) is 24.7 Å². The summed E-state index contributed by atoms with van der Waals surface area (Å²) in [6, 6.07) is 4.97. The highest BCUT2D eigenvalue weighted by molar-refractivity contribution is 5.79. The van der Waals surface area contributed by atoms with Crippen molar-refractivity contribution in [3.05, 3.63) is 35.7 Å². The topological polar surface area (TPSA) is 80.7 Å². The summed E-state index contributed by atoms with van der Waals surface area (Å²) >= 11 is 0. The maximum atomic E-state index is 13.9. The zero-order chi connectivity index (χ0) is 16.7. The third kappa shape index (κ3) is 2.52. The summed E-state index contributed by atoms with van der Waals surface area (Å²) in [6.45, 7) is 3.21. The van der Waals surface area contributed by atoms with Gasteiger partial charge in [0.15, 0.2) is 11.6 Å². The fraction of sp³-hybridized carbons (Fsp3) is 0.438. The molecule has 24 heavy (non-hydrogen) atoms. The number of H-pyrrole nitrogens is 1. The molecule has 1 aliphatic heterocycles. The Morgan fingerprint density at radius 1 is 1.42 bits per heavy atom. The van der Waals surface area contributed by atoms with Gasteiger partial charge in [0.05, 0.1) is 5.52 Å². The third-order valence-corrected chi connectivity index (χ3v) is 4.47. The van der Waals surface area contributed by atoms with Crippen LogP contribution in [-0.2, 0) is 11.8 Å². The van der Waals surface area contributed by atoms with E-state index in [9.17, 15) is 4.39 Å². The summed E-state index contributed by atoms with van der Waals surface area (Å²) in [5.74, 6) is 2.04. The molecule has 7 nitrogen and oxygen atoms in total. The summed E-state index contributed by atoms with van der Waals surface area (Å²) in [4.78, 5) is 8.75. The average Bonchev–Trinajstić information content (AvgIpc) is 3.26. The van der Waals surface area contributed by atoms with Crippen LogP contribution in [0.1, 0.15) is 24.2 Å². The second-order valence-corrected chi connectivity index (χ2v) is 6.10. The normalized spacial score (nSPS) is 20.8. The molecule has 3 heterocycles. The van der Waals surface area contributed by atoms with E-state index in [1.807, 2.05) is 24.6 Å². The number of fused-ring (bicyclic) bond motifs is 1. The summed E-state index contributed by atoms with van der Waals surface area (Å²) in [5.41, 5.74) is 1.15. The number of imidazole rings is 1. The molecule has 0 unspecified atom stereocenters. The van der Waals surface area contributed by atoms with Gasteiger partial charge in [0, 0.05) is 26.1 Å². The largest absolute Gasteiger partial charge is 0.370 e. The molecule has 1 aromatic carbocycles. The van der Waals surface area contributed by atoms with Crippen LogP contribution in [0.5, 0.6) is 0 Å². The van der Waals surface area contributed by atoms with E-state index in [-0.39, 0.29) is 17.8 Å². The first-order valence-electron chi connectivity index (χ1n) is 7.99. The lowest BCUT2D eigenvalue weighted by Crippen LogP contribution is -2.20. The lowest BCUT2D eigenvalue weighted by atomic mass is 10.0. The number of rotatable bonds is 4. The Balaban J connectivity index is 1.52. The van der Waals surface area contributed by atoms with Crippen molar-refractivity contribution < 1.29 is 9.13 Å². The molecule has 126 valence electrons. The Kier molecular flexibility index (Phi) is 3.68. The number of ether oxygens (including phenoxy) is 1. The molecule has 0 saturated carbocycles. The van der Waals surface area contributed by atoms with Crippen LogP contribution in [0.2, 0.25) is 0 Å². The number of hydrogen-bond donors (Lipinski definition) is 2. The number of aromatic nitrogens is 5. The first-order chi connectivity index (χ1) is 11.6. The van der Waals surface area contributed by atoms with Gasteiger partial charge in [-0.05, 0) is 25.5 Å². The molecule has 0 radical (unpaired) electrons. The van der Waals surface area contributed by atoms with E-state index in [1.54, 1.807) is 6.07 Å². The first kappa shape index (κ1) is 15.1. The number of para-hydroxylation sites is 1. The van der Waals surface area contributed by atoms with E-state index in [0.29, 0.717) is 30.4 Å². The number of hydrogen-bond acceptors (Lipinski definition) is 5. The molecule has 2 N–H and O–H groups in total. The third-order valence-electron chi connectivity index (χ3n) is 4.47. The lowest BCUT2D eigenvalue weighted by molar-refractivity contribution is 0.0863. The Morgan fingerprint density at radius 2 is 2.29 bits per heavy atom.